The van der Waals surface area contributed by atoms with Gasteiger partial charge < -0.3 is 15.6 Å². The van der Waals surface area contributed by atoms with Crippen LogP contribution in [0.1, 0.15) is 25.5 Å². The van der Waals surface area contributed by atoms with Gasteiger partial charge in [-0.3, -0.25) is 0 Å². The lowest BCUT2D eigenvalue weighted by Crippen LogP contribution is -2.15. The summed E-state index contributed by atoms with van der Waals surface area (Å²) in [6.07, 6.45) is -0.477. The molecule has 3 nitrogen and oxygen atoms in total. The lowest BCUT2D eigenvalue weighted by molar-refractivity contribution is 0.122. The monoisotopic (exact) mass is 273 g/mol. The molecule has 0 amide bonds. The minimum atomic E-state index is -0.477. The van der Waals surface area contributed by atoms with Crippen LogP contribution in [0.5, 0.6) is 5.75 Å². The molecule has 0 spiro atoms. The SMILES string of the molecule is CC(O)COc1ccc(Br)cc1[C@@H](C)N. The molecule has 0 aliphatic carbocycles. The van der Waals surface area contributed by atoms with Crippen molar-refractivity contribution in [2.75, 3.05) is 6.61 Å². The number of hydrogen-bond donors (Lipinski definition) is 2. The van der Waals surface area contributed by atoms with Gasteiger partial charge in [-0.1, -0.05) is 15.9 Å². The Morgan fingerprint density at radius 1 is 1.47 bits per heavy atom. The Labute approximate surface area is 98.4 Å². The number of ether oxygens (including phenoxy) is 1. The van der Waals surface area contributed by atoms with Gasteiger partial charge in [-0.2, -0.15) is 0 Å². The summed E-state index contributed by atoms with van der Waals surface area (Å²) in [5, 5.41) is 9.13. The minimum absolute atomic E-state index is 0.0912. The van der Waals surface area contributed by atoms with Crippen LogP contribution in [0.4, 0.5) is 0 Å². The van der Waals surface area contributed by atoms with Crippen LogP contribution in [-0.2, 0) is 0 Å². The van der Waals surface area contributed by atoms with Crippen molar-refractivity contribution in [1.29, 1.82) is 0 Å². The average Bonchev–Trinajstić information content (AvgIpc) is 2.15. The van der Waals surface area contributed by atoms with Gasteiger partial charge in [0.05, 0.1) is 6.10 Å². The molecule has 0 aromatic heterocycles. The van der Waals surface area contributed by atoms with E-state index in [1.54, 1.807) is 6.92 Å². The number of nitrogens with two attached hydrogens (primary N) is 1. The van der Waals surface area contributed by atoms with Crippen molar-refractivity contribution in [3.05, 3.63) is 28.2 Å². The predicted molar refractivity (Wildman–Crippen MR) is 63.9 cm³/mol. The number of aliphatic hydroxyl groups excluding tert-OH is 1. The van der Waals surface area contributed by atoms with Gasteiger partial charge in [-0.25, -0.2) is 0 Å². The summed E-state index contributed by atoms with van der Waals surface area (Å²) in [5.74, 6) is 0.731. The van der Waals surface area contributed by atoms with Crippen molar-refractivity contribution < 1.29 is 9.84 Å². The van der Waals surface area contributed by atoms with E-state index in [0.29, 0.717) is 0 Å². The molecule has 84 valence electrons. The molecule has 2 atom stereocenters. The summed E-state index contributed by atoms with van der Waals surface area (Å²) >= 11 is 3.38. The van der Waals surface area contributed by atoms with Crippen molar-refractivity contribution in [2.45, 2.75) is 26.0 Å². The first-order valence-corrected chi connectivity index (χ1v) is 5.66. The number of benzene rings is 1. The second kappa shape index (κ2) is 5.49. The van der Waals surface area contributed by atoms with Crippen LogP contribution < -0.4 is 10.5 Å². The highest BCUT2D eigenvalue weighted by Gasteiger charge is 2.09. The fourth-order valence-corrected chi connectivity index (χ4v) is 1.60. The van der Waals surface area contributed by atoms with Crippen LogP contribution in [0, 0.1) is 0 Å². The summed E-state index contributed by atoms with van der Waals surface area (Å²) in [7, 11) is 0. The molecule has 0 saturated heterocycles. The van der Waals surface area contributed by atoms with Crippen molar-refractivity contribution in [1.82, 2.24) is 0 Å². The average molecular weight is 274 g/mol. The van der Waals surface area contributed by atoms with Crippen LogP contribution in [0.15, 0.2) is 22.7 Å². The van der Waals surface area contributed by atoms with E-state index in [9.17, 15) is 0 Å². The second-order valence-corrected chi connectivity index (χ2v) is 4.55. The highest BCUT2D eigenvalue weighted by Crippen LogP contribution is 2.27. The van der Waals surface area contributed by atoms with E-state index in [-0.39, 0.29) is 12.6 Å². The molecule has 15 heavy (non-hydrogen) atoms. The zero-order valence-electron chi connectivity index (χ0n) is 8.90. The van der Waals surface area contributed by atoms with Gasteiger partial charge in [0.25, 0.3) is 0 Å². The Morgan fingerprint density at radius 2 is 2.13 bits per heavy atom. The first-order valence-electron chi connectivity index (χ1n) is 4.86. The smallest absolute Gasteiger partial charge is 0.124 e. The van der Waals surface area contributed by atoms with Crippen molar-refractivity contribution in [3.63, 3.8) is 0 Å². The van der Waals surface area contributed by atoms with Gasteiger partial charge in [0.15, 0.2) is 0 Å². The normalized spacial score (nSPS) is 14.7. The molecule has 1 aromatic carbocycles. The Bertz CT molecular complexity index is 326. The van der Waals surface area contributed by atoms with E-state index in [2.05, 4.69) is 15.9 Å². The minimum Gasteiger partial charge on any atom is -0.491 e. The van der Waals surface area contributed by atoms with Crippen molar-refractivity contribution in [2.24, 2.45) is 5.73 Å². The van der Waals surface area contributed by atoms with Gasteiger partial charge in [-0.05, 0) is 32.0 Å². The molecule has 0 fully saturated rings. The fourth-order valence-electron chi connectivity index (χ4n) is 1.22. The molecule has 4 heteroatoms. The van der Waals surface area contributed by atoms with Crippen LogP contribution >= 0.6 is 15.9 Å². The molecule has 0 saturated carbocycles. The number of aliphatic hydroxyl groups is 1. The predicted octanol–water partition coefficient (Wildman–Crippen LogP) is 2.23. The zero-order valence-corrected chi connectivity index (χ0v) is 10.5. The molecule has 1 unspecified atom stereocenters. The number of halogens is 1. The number of hydrogen-bond acceptors (Lipinski definition) is 3. The van der Waals surface area contributed by atoms with E-state index in [1.165, 1.54) is 0 Å². The first kappa shape index (κ1) is 12.5. The topological polar surface area (TPSA) is 55.5 Å². The summed E-state index contributed by atoms with van der Waals surface area (Å²) in [6, 6.07) is 5.59. The molecular formula is C11H16BrNO2. The molecule has 0 heterocycles. The molecule has 1 aromatic rings. The lowest BCUT2D eigenvalue weighted by Gasteiger charge is -2.15. The van der Waals surface area contributed by atoms with Gasteiger partial charge in [0.1, 0.15) is 12.4 Å². The van der Waals surface area contributed by atoms with Gasteiger partial charge >= 0.3 is 0 Å². The summed E-state index contributed by atoms with van der Waals surface area (Å²) in [6.45, 7) is 3.86. The molecule has 3 N–H and O–H groups in total. The quantitative estimate of drug-likeness (QED) is 0.885. The fraction of sp³-hybridized carbons (Fsp3) is 0.455. The van der Waals surface area contributed by atoms with Gasteiger partial charge in [-0.15, -0.1) is 0 Å². The maximum Gasteiger partial charge on any atom is 0.124 e. The van der Waals surface area contributed by atoms with Gasteiger partial charge in [0, 0.05) is 16.1 Å². The first-order chi connectivity index (χ1) is 7.00. The zero-order chi connectivity index (χ0) is 11.4. The molecule has 0 radical (unpaired) electrons. The Hall–Kier alpha value is -0.580. The van der Waals surface area contributed by atoms with Crippen LogP contribution in [0.3, 0.4) is 0 Å². The van der Waals surface area contributed by atoms with Crippen molar-refractivity contribution >= 4 is 15.9 Å². The molecule has 0 bridgehead atoms. The van der Waals surface area contributed by atoms with E-state index < -0.39 is 6.10 Å². The van der Waals surface area contributed by atoms with Crippen molar-refractivity contribution in [3.8, 4) is 5.75 Å². The maximum atomic E-state index is 9.13. The van der Waals surface area contributed by atoms with E-state index in [0.717, 1.165) is 15.8 Å². The molecular weight excluding hydrogens is 258 g/mol. The molecule has 0 aliphatic rings. The third-order valence-electron chi connectivity index (χ3n) is 1.94. The van der Waals surface area contributed by atoms with Crippen LogP contribution in [0.2, 0.25) is 0 Å². The summed E-state index contributed by atoms with van der Waals surface area (Å²) in [4.78, 5) is 0. The van der Waals surface area contributed by atoms with Crippen LogP contribution in [-0.4, -0.2) is 17.8 Å². The van der Waals surface area contributed by atoms with Crippen LogP contribution in [0.25, 0.3) is 0 Å². The number of rotatable bonds is 4. The van der Waals surface area contributed by atoms with E-state index in [1.807, 2.05) is 25.1 Å². The van der Waals surface area contributed by atoms with E-state index in [4.69, 9.17) is 15.6 Å². The highest BCUT2D eigenvalue weighted by molar-refractivity contribution is 9.10. The largest absolute Gasteiger partial charge is 0.491 e. The second-order valence-electron chi connectivity index (χ2n) is 3.63. The Kier molecular flexibility index (Phi) is 4.57. The van der Waals surface area contributed by atoms with E-state index >= 15 is 0 Å². The van der Waals surface area contributed by atoms with Gasteiger partial charge in [0.2, 0.25) is 0 Å². The Balaban J connectivity index is 2.86. The highest BCUT2D eigenvalue weighted by atomic mass is 79.9. The maximum absolute atomic E-state index is 9.13. The molecule has 1 rings (SSSR count). The lowest BCUT2D eigenvalue weighted by atomic mass is 10.1. The Morgan fingerprint density at radius 3 is 2.67 bits per heavy atom. The standard InChI is InChI=1S/C11H16BrNO2/c1-7(14)6-15-11-4-3-9(12)5-10(11)8(2)13/h3-5,7-8,14H,6,13H2,1-2H3/t7?,8-/m1/s1. The third kappa shape index (κ3) is 3.81. The third-order valence-corrected chi connectivity index (χ3v) is 2.44. The summed E-state index contributed by atoms with van der Waals surface area (Å²) in [5.41, 5.74) is 6.76. The summed E-state index contributed by atoms with van der Waals surface area (Å²) < 4.78 is 6.44. The molecule has 0 aliphatic heterocycles.